The predicted molar refractivity (Wildman–Crippen MR) is 182 cm³/mol. The Hall–Kier alpha value is -3.36. The molecule has 4 aliphatic heterocycles. The standard InChI is InChI=1S/C37H45F3N4O6S/c1-42-17-25-19-43(20-26(18-42)50-25)35(46)36-16-30(36)29-15-24(49-2)9-11-27(29)33-32(22-6-4-3-5-7-22)28-10-8-23(14-31(28)44(33)21-36)34(45)41-51(47,48)13-12-37(38,39)40/h8-10,14-15,22,25-26,30-31H,3-7,11-13,16-21H2,1-2H3,(H,41,45)/t25-,26+,30?,31?,36?. The highest BCUT2D eigenvalue weighted by molar-refractivity contribution is 7.90. The summed E-state index contributed by atoms with van der Waals surface area (Å²) in [6.45, 7) is 3.01. The maximum Gasteiger partial charge on any atom is 0.390 e. The molecule has 0 aromatic rings. The van der Waals surface area contributed by atoms with Gasteiger partial charge in [0.2, 0.25) is 15.9 Å². The summed E-state index contributed by atoms with van der Waals surface area (Å²) in [5.41, 5.74) is 5.01. The van der Waals surface area contributed by atoms with Crippen molar-refractivity contribution in [1.82, 2.24) is 19.4 Å². The van der Waals surface area contributed by atoms with Gasteiger partial charge in [-0.1, -0.05) is 25.3 Å². The maximum atomic E-state index is 14.9. The fourth-order valence-electron chi connectivity index (χ4n) is 9.70. The summed E-state index contributed by atoms with van der Waals surface area (Å²) in [5.74, 6) is -1.04. The largest absolute Gasteiger partial charge is 0.497 e. The van der Waals surface area contributed by atoms with Crippen molar-refractivity contribution in [3.8, 4) is 0 Å². The lowest BCUT2D eigenvalue weighted by Gasteiger charge is -2.46. The van der Waals surface area contributed by atoms with Crippen molar-refractivity contribution in [3.63, 3.8) is 0 Å². The summed E-state index contributed by atoms with van der Waals surface area (Å²) < 4.78 is 77.3. The molecule has 4 heterocycles. The lowest BCUT2D eigenvalue weighted by Crippen LogP contribution is -2.61. The van der Waals surface area contributed by atoms with E-state index in [1.54, 1.807) is 19.3 Å². The van der Waals surface area contributed by atoms with E-state index in [4.69, 9.17) is 9.47 Å². The van der Waals surface area contributed by atoms with Crippen LogP contribution >= 0.6 is 0 Å². The van der Waals surface area contributed by atoms with Crippen molar-refractivity contribution in [3.05, 3.63) is 69.7 Å². The number of amides is 2. The van der Waals surface area contributed by atoms with Gasteiger partial charge in [0.25, 0.3) is 5.91 Å². The van der Waals surface area contributed by atoms with Gasteiger partial charge in [0.15, 0.2) is 0 Å². The van der Waals surface area contributed by atoms with Gasteiger partial charge in [0.1, 0.15) is 5.76 Å². The molecule has 10 nitrogen and oxygen atoms in total. The van der Waals surface area contributed by atoms with Gasteiger partial charge in [-0.25, -0.2) is 13.1 Å². The fraction of sp³-hybridized carbons (Fsp3) is 0.622. The average molecular weight is 731 g/mol. The number of carbonyl (C=O) groups excluding carboxylic acids is 2. The molecule has 51 heavy (non-hydrogen) atoms. The number of sulfonamides is 1. The SMILES string of the molecule is COC1=CCC2=C3C(C4CCCCC4)=C4C=CC(C(=O)NS(=O)(=O)CCC(F)(F)F)=CC4N3CC3(C(=O)N4C[C@H]5CN(C)C[C@@H](C4)O5)CC3C2=C1. The van der Waals surface area contributed by atoms with Gasteiger partial charge in [-0.15, -0.1) is 0 Å². The summed E-state index contributed by atoms with van der Waals surface area (Å²) in [6, 6.07) is -0.441. The van der Waals surface area contributed by atoms with Crippen LogP contribution in [0.4, 0.5) is 13.2 Å². The van der Waals surface area contributed by atoms with Crippen LogP contribution in [0, 0.1) is 17.3 Å². The Morgan fingerprint density at radius 2 is 1.80 bits per heavy atom. The van der Waals surface area contributed by atoms with E-state index < -0.39 is 45.7 Å². The normalized spacial score (nSPS) is 32.2. The highest BCUT2D eigenvalue weighted by Crippen LogP contribution is 2.65. The molecule has 1 N–H and O–H groups in total. The minimum atomic E-state index is -4.67. The number of halogens is 3. The van der Waals surface area contributed by atoms with Crippen LogP contribution in [0.25, 0.3) is 0 Å². The number of carbonyl (C=O) groups is 2. The van der Waals surface area contributed by atoms with E-state index in [9.17, 15) is 31.2 Å². The number of ether oxygens (including phenoxy) is 2. The zero-order chi connectivity index (χ0) is 35.9. The number of methoxy groups -OCH3 is 1. The number of nitrogens with zero attached hydrogens (tertiary/aromatic N) is 3. The lowest BCUT2D eigenvalue weighted by atomic mass is 9.78. The van der Waals surface area contributed by atoms with Crippen molar-refractivity contribution in [2.45, 2.75) is 75.8 Å². The molecule has 2 amide bonds. The summed E-state index contributed by atoms with van der Waals surface area (Å²) in [6.07, 6.45) is 9.77. The molecule has 3 unspecified atom stereocenters. The van der Waals surface area contributed by atoms with Crippen LogP contribution in [0.1, 0.15) is 51.4 Å². The Bertz CT molecular complexity index is 1810. The second kappa shape index (κ2) is 12.6. The van der Waals surface area contributed by atoms with E-state index in [1.165, 1.54) is 17.6 Å². The first-order chi connectivity index (χ1) is 24.2. The smallest absolute Gasteiger partial charge is 0.390 e. The summed E-state index contributed by atoms with van der Waals surface area (Å²) in [4.78, 5) is 34.8. The Labute approximate surface area is 296 Å². The Morgan fingerprint density at radius 1 is 1.08 bits per heavy atom. The molecule has 5 atom stereocenters. The van der Waals surface area contributed by atoms with Crippen LogP contribution in [0.2, 0.25) is 0 Å². The molecule has 2 bridgehead atoms. The molecular formula is C37H45F3N4O6S. The minimum absolute atomic E-state index is 0.0111. The Balaban J connectivity index is 1.18. The van der Waals surface area contributed by atoms with E-state index >= 15 is 0 Å². The molecule has 8 aliphatic rings. The molecule has 0 spiro atoms. The first kappa shape index (κ1) is 34.7. The summed E-state index contributed by atoms with van der Waals surface area (Å²) in [7, 11) is -0.798. The zero-order valence-corrected chi connectivity index (χ0v) is 29.8. The first-order valence-electron chi connectivity index (χ1n) is 18.1. The average Bonchev–Trinajstić information content (AvgIpc) is 3.76. The molecule has 4 fully saturated rings. The number of likely N-dealkylation sites (N-methyl/N-ethyl adjacent to an activating group) is 1. The topological polar surface area (TPSA) is 108 Å². The third-order valence-corrected chi connectivity index (χ3v) is 13.3. The van der Waals surface area contributed by atoms with Crippen molar-refractivity contribution in [2.75, 3.05) is 52.6 Å². The van der Waals surface area contributed by atoms with Crippen molar-refractivity contribution in [2.24, 2.45) is 17.3 Å². The third kappa shape index (κ3) is 6.39. The Kier molecular flexibility index (Phi) is 8.61. The maximum absolute atomic E-state index is 14.9. The van der Waals surface area contributed by atoms with Gasteiger partial charge in [0, 0.05) is 49.9 Å². The summed E-state index contributed by atoms with van der Waals surface area (Å²) in [5, 5.41) is 0. The second-order valence-electron chi connectivity index (χ2n) is 15.5. The van der Waals surface area contributed by atoms with Gasteiger partial charge < -0.3 is 24.2 Å². The van der Waals surface area contributed by atoms with Crippen molar-refractivity contribution >= 4 is 21.8 Å². The predicted octanol–water partition coefficient (Wildman–Crippen LogP) is 4.12. The number of fused-ring (bicyclic) bond motifs is 8. The quantitative estimate of drug-likeness (QED) is 0.417. The molecule has 8 rings (SSSR count). The minimum Gasteiger partial charge on any atom is -0.497 e. The zero-order valence-electron chi connectivity index (χ0n) is 29.0. The number of nitrogens with one attached hydrogen (secondary N) is 1. The van der Waals surface area contributed by atoms with Gasteiger partial charge >= 0.3 is 6.18 Å². The molecule has 0 aromatic heterocycles. The van der Waals surface area contributed by atoms with Gasteiger partial charge in [-0.2, -0.15) is 13.2 Å². The monoisotopic (exact) mass is 730 g/mol. The number of allylic oxidation sites excluding steroid dienone is 5. The number of hydrogen-bond acceptors (Lipinski definition) is 8. The fourth-order valence-corrected chi connectivity index (χ4v) is 10.7. The van der Waals surface area contributed by atoms with E-state index in [0.29, 0.717) is 32.5 Å². The number of hydrogen-bond donors (Lipinski definition) is 1. The molecule has 0 radical (unpaired) electrons. The number of morpholine rings is 2. The molecule has 0 aromatic carbocycles. The lowest BCUT2D eigenvalue weighted by molar-refractivity contribution is -0.164. The first-order valence-corrected chi connectivity index (χ1v) is 19.8. The van der Waals surface area contributed by atoms with Crippen LogP contribution in [0.5, 0.6) is 0 Å². The van der Waals surface area contributed by atoms with Crippen LogP contribution in [0.15, 0.2) is 69.7 Å². The molecule has 2 saturated heterocycles. The van der Waals surface area contributed by atoms with Gasteiger partial charge in [0.05, 0.1) is 42.9 Å². The molecule has 14 heteroatoms. The van der Waals surface area contributed by atoms with E-state index in [2.05, 4.69) is 29.0 Å². The van der Waals surface area contributed by atoms with E-state index in [0.717, 1.165) is 61.4 Å². The van der Waals surface area contributed by atoms with E-state index in [1.807, 2.05) is 15.7 Å². The number of rotatable bonds is 7. The van der Waals surface area contributed by atoms with E-state index in [-0.39, 0.29) is 35.5 Å². The van der Waals surface area contributed by atoms with Crippen LogP contribution < -0.4 is 4.72 Å². The molecule has 2 saturated carbocycles. The third-order valence-electron chi connectivity index (χ3n) is 12.0. The van der Waals surface area contributed by atoms with Crippen LogP contribution in [0.3, 0.4) is 0 Å². The van der Waals surface area contributed by atoms with Crippen molar-refractivity contribution < 1.29 is 40.7 Å². The van der Waals surface area contributed by atoms with Gasteiger partial charge in [-0.05, 0) is 85.2 Å². The molecule has 276 valence electrons. The van der Waals surface area contributed by atoms with Crippen LogP contribution in [-0.2, 0) is 29.1 Å². The molecule has 4 aliphatic carbocycles. The number of alkyl halides is 3. The second-order valence-corrected chi connectivity index (χ2v) is 17.4. The molecular weight excluding hydrogens is 685 g/mol. The van der Waals surface area contributed by atoms with Crippen molar-refractivity contribution in [1.29, 1.82) is 0 Å². The summed E-state index contributed by atoms with van der Waals surface area (Å²) >= 11 is 0. The highest BCUT2D eigenvalue weighted by atomic mass is 32.2. The highest BCUT2D eigenvalue weighted by Gasteiger charge is 2.66. The van der Waals surface area contributed by atoms with Gasteiger partial charge in [-0.3, -0.25) is 9.59 Å². The Morgan fingerprint density at radius 3 is 2.49 bits per heavy atom. The van der Waals surface area contributed by atoms with Crippen LogP contribution in [-0.4, -0.2) is 112 Å².